The Kier molecular flexibility index (Phi) is 2.82. The zero-order chi connectivity index (χ0) is 10.8. The van der Waals surface area contributed by atoms with Crippen LogP contribution in [0.4, 0.5) is 4.39 Å². The summed E-state index contributed by atoms with van der Waals surface area (Å²) in [6.45, 7) is 1.73. The number of aldehydes is 1. The third-order valence-corrected chi connectivity index (χ3v) is 2.77. The van der Waals surface area contributed by atoms with Crippen molar-refractivity contribution in [1.82, 2.24) is 0 Å². The number of carbonyl (C=O) groups is 1. The lowest BCUT2D eigenvalue weighted by atomic mass is 10.0. The maximum atomic E-state index is 13.7. The highest BCUT2D eigenvalue weighted by Gasteiger charge is 2.28. The molecule has 1 aromatic carbocycles. The number of ether oxygens (including phenoxy) is 1. The summed E-state index contributed by atoms with van der Waals surface area (Å²) in [6.07, 6.45) is 1.55. The number of hydrogen-bond donors (Lipinski definition) is 0. The maximum Gasteiger partial charge on any atom is 0.148 e. The lowest BCUT2D eigenvalue weighted by molar-refractivity contribution is -0.117. The third-order valence-electron chi connectivity index (χ3n) is 2.77. The van der Waals surface area contributed by atoms with Gasteiger partial charge in [0.05, 0.1) is 6.10 Å². The van der Waals surface area contributed by atoms with Crippen molar-refractivity contribution in [2.24, 2.45) is 0 Å². The quantitative estimate of drug-likeness (QED) is 0.698. The molecule has 1 heterocycles. The summed E-state index contributed by atoms with van der Waals surface area (Å²) < 4.78 is 19.1. The smallest absolute Gasteiger partial charge is 0.148 e. The van der Waals surface area contributed by atoms with Crippen molar-refractivity contribution in [3.63, 3.8) is 0 Å². The fraction of sp³-hybridized carbons (Fsp3) is 0.417. The van der Waals surface area contributed by atoms with Gasteiger partial charge in [0, 0.05) is 5.56 Å². The van der Waals surface area contributed by atoms with E-state index in [9.17, 15) is 9.18 Å². The van der Waals surface area contributed by atoms with Gasteiger partial charge in [0.2, 0.25) is 0 Å². The van der Waals surface area contributed by atoms with Crippen LogP contribution in [0.15, 0.2) is 18.2 Å². The fourth-order valence-electron chi connectivity index (χ4n) is 1.91. The Hall–Kier alpha value is -1.22. The van der Waals surface area contributed by atoms with Crippen LogP contribution in [-0.4, -0.2) is 12.4 Å². The molecule has 0 aliphatic carbocycles. The molecule has 1 fully saturated rings. The molecule has 2 atom stereocenters. The van der Waals surface area contributed by atoms with Crippen LogP contribution in [0, 0.1) is 12.7 Å². The summed E-state index contributed by atoms with van der Waals surface area (Å²) in [5.41, 5.74) is 1.19. The topological polar surface area (TPSA) is 26.3 Å². The van der Waals surface area contributed by atoms with Crippen LogP contribution in [0.2, 0.25) is 0 Å². The van der Waals surface area contributed by atoms with Crippen LogP contribution in [0.1, 0.15) is 30.1 Å². The summed E-state index contributed by atoms with van der Waals surface area (Å²) in [5.74, 6) is -0.214. The molecule has 0 bridgehead atoms. The Morgan fingerprint density at radius 2 is 2.27 bits per heavy atom. The van der Waals surface area contributed by atoms with Crippen LogP contribution < -0.4 is 0 Å². The van der Waals surface area contributed by atoms with Gasteiger partial charge in [0.25, 0.3) is 0 Å². The normalized spacial score (nSPS) is 25.5. The Morgan fingerprint density at radius 1 is 1.47 bits per heavy atom. The van der Waals surface area contributed by atoms with Crippen LogP contribution in [0.5, 0.6) is 0 Å². The first-order valence-electron chi connectivity index (χ1n) is 5.08. The standard InChI is InChI=1S/C12H13FO2/c1-8-3-2-4-10(12(8)13)11-6-5-9(7-14)15-11/h2-4,7,9,11H,5-6H2,1H3. The second-order valence-corrected chi connectivity index (χ2v) is 3.85. The van der Waals surface area contributed by atoms with E-state index in [1.165, 1.54) is 0 Å². The van der Waals surface area contributed by atoms with Gasteiger partial charge < -0.3 is 9.53 Å². The number of carbonyl (C=O) groups excluding carboxylic acids is 1. The van der Waals surface area contributed by atoms with Gasteiger partial charge in [-0.3, -0.25) is 0 Å². The van der Waals surface area contributed by atoms with E-state index in [1.54, 1.807) is 19.1 Å². The van der Waals surface area contributed by atoms with Crippen molar-refractivity contribution >= 4 is 6.29 Å². The number of benzene rings is 1. The fourth-order valence-corrected chi connectivity index (χ4v) is 1.91. The lowest BCUT2D eigenvalue weighted by Gasteiger charge is -2.12. The molecule has 0 aromatic heterocycles. The number of rotatable bonds is 2. The Morgan fingerprint density at radius 3 is 2.93 bits per heavy atom. The van der Waals surface area contributed by atoms with E-state index in [2.05, 4.69) is 0 Å². The summed E-state index contributed by atoms with van der Waals surface area (Å²) >= 11 is 0. The first-order valence-corrected chi connectivity index (χ1v) is 5.08. The monoisotopic (exact) mass is 208 g/mol. The molecule has 2 unspecified atom stereocenters. The maximum absolute atomic E-state index is 13.7. The van der Waals surface area contributed by atoms with Crippen molar-refractivity contribution < 1.29 is 13.9 Å². The van der Waals surface area contributed by atoms with Crippen LogP contribution >= 0.6 is 0 Å². The second kappa shape index (κ2) is 4.11. The van der Waals surface area contributed by atoms with Gasteiger partial charge in [0.1, 0.15) is 18.2 Å². The van der Waals surface area contributed by atoms with Crippen molar-refractivity contribution in [1.29, 1.82) is 0 Å². The van der Waals surface area contributed by atoms with E-state index in [1.807, 2.05) is 6.07 Å². The zero-order valence-electron chi connectivity index (χ0n) is 8.57. The van der Waals surface area contributed by atoms with Gasteiger partial charge in [-0.1, -0.05) is 18.2 Å². The van der Waals surface area contributed by atoms with E-state index in [-0.39, 0.29) is 18.0 Å². The molecule has 0 spiro atoms. The van der Waals surface area contributed by atoms with Gasteiger partial charge in [-0.05, 0) is 25.3 Å². The highest BCUT2D eigenvalue weighted by molar-refractivity contribution is 5.56. The molecule has 0 saturated carbocycles. The molecule has 2 rings (SSSR count). The van der Waals surface area contributed by atoms with Crippen molar-refractivity contribution in [2.75, 3.05) is 0 Å². The van der Waals surface area contributed by atoms with Crippen molar-refractivity contribution in [3.8, 4) is 0 Å². The molecule has 2 nitrogen and oxygen atoms in total. The predicted octanol–water partition coefficient (Wildman–Crippen LogP) is 2.55. The van der Waals surface area contributed by atoms with Gasteiger partial charge in [-0.2, -0.15) is 0 Å². The number of halogens is 1. The minimum Gasteiger partial charge on any atom is -0.363 e. The molecule has 1 aliphatic rings. The molecule has 80 valence electrons. The minimum atomic E-state index is -0.366. The molecule has 0 radical (unpaired) electrons. The Labute approximate surface area is 88.1 Å². The molecular weight excluding hydrogens is 195 g/mol. The van der Waals surface area contributed by atoms with Crippen LogP contribution in [0.25, 0.3) is 0 Å². The summed E-state index contributed by atoms with van der Waals surface area (Å²) in [6, 6.07) is 5.26. The summed E-state index contributed by atoms with van der Waals surface area (Å²) in [7, 11) is 0. The molecule has 3 heteroatoms. The number of aryl methyl sites for hydroxylation is 1. The first-order chi connectivity index (χ1) is 7.22. The van der Waals surface area contributed by atoms with Crippen molar-refractivity contribution in [2.45, 2.75) is 32.0 Å². The highest BCUT2D eigenvalue weighted by Crippen LogP contribution is 2.33. The summed E-state index contributed by atoms with van der Waals surface area (Å²) in [5, 5.41) is 0. The zero-order valence-corrected chi connectivity index (χ0v) is 8.57. The Bertz CT molecular complexity index is 376. The second-order valence-electron chi connectivity index (χ2n) is 3.85. The SMILES string of the molecule is Cc1cccc(C2CCC(C=O)O2)c1F. The predicted molar refractivity (Wildman–Crippen MR) is 54.0 cm³/mol. The first kappa shape index (κ1) is 10.3. The molecule has 1 saturated heterocycles. The molecule has 0 N–H and O–H groups in total. The number of hydrogen-bond acceptors (Lipinski definition) is 2. The molecule has 1 aliphatic heterocycles. The Balaban J connectivity index is 2.24. The third kappa shape index (κ3) is 1.92. The van der Waals surface area contributed by atoms with Gasteiger partial charge >= 0.3 is 0 Å². The molecular formula is C12H13FO2. The molecule has 1 aromatic rings. The molecule has 15 heavy (non-hydrogen) atoms. The largest absolute Gasteiger partial charge is 0.363 e. The minimum absolute atomic E-state index is 0.214. The van der Waals surface area contributed by atoms with E-state index in [4.69, 9.17) is 4.74 Å². The summed E-state index contributed by atoms with van der Waals surface area (Å²) in [4.78, 5) is 10.5. The average Bonchev–Trinajstić information content (AvgIpc) is 2.70. The van der Waals surface area contributed by atoms with Crippen LogP contribution in [0.3, 0.4) is 0 Å². The van der Waals surface area contributed by atoms with E-state index >= 15 is 0 Å². The average molecular weight is 208 g/mol. The molecule has 0 amide bonds. The van der Waals surface area contributed by atoms with Gasteiger partial charge in [-0.15, -0.1) is 0 Å². The van der Waals surface area contributed by atoms with Gasteiger partial charge in [-0.25, -0.2) is 4.39 Å². The van der Waals surface area contributed by atoms with Crippen molar-refractivity contribution in [3.05, 3.63) is 35.1 Å². The van der Waals surface area contributed by atoms with Crippen LogP contribution in [-0.2, 0) is 9.53 Å². The lowest BCUT2D eigenvalue weighted by Crippen LogP contribution is -2.08. The van der Waals surface area contributed by atoms with E-state index < -0.39 is 0 Å². The van der Waals surface area contributed by atoms with E-state index in [0.717, 1.165) is 6.29 Å². The van der Waals surface area contributed by atoms with E-state index in [0.29, 0.717) is 24.0 Å². The highest BCUT2D eigenvalue weighted by atomic mass is 19.1. The van der Waals surface area contributed by atoms with Gasteiger partial charge in [0.15, 0.2) is 0 Å².